The van der Waals surface area contributed by atoms with Gasteiger partial charge < -0.3 is 10.2 Å². The smallest absolute Gasteiger partial charge is 0.256 e. The van der Waals surface area contributed by atoms with Crippen LogP contribution in [0.1, 0.15) is 38.1 Å². The molecule has 1 N–H and O–H groups in total. The number of hydrogen-bond acceptors (Lipinski definition) is 2. The fourth-order valence-electron chi connectivity index (χ4n) is 1.95. The van der Waals surface area contributed by atoms with E-state index in [1.54, 1.807) is 6.08 Å². The number of anilines is 1. The predicted octanol–water partition coefficient (Wildman–Crippen LogP) is 3.55. The molecule has 1 aromatic carbocycles. The zero-order valence-corrected chi connectivity index (χ0v) is 12.4. The summed E-state index contributed by atoms with van der Waals surface area (Å²) in [6.45, 7) is 13.2. The van der Waals surface area contributed by atoms with Crippen LogP contribution in [0.3, 0.4) is 0 Å². The van der Waals surface area contributed by atoms with E-state index in [4.69, 9.17) is 0 Å². The molecule has 0 saturated heterocycles. The van der Waals surface area contributed by atoms with Crippen molar-refractivity contribution in [2.75, 3.05) is 18.4 Å². The summed E-state index contributed by atoms with van der Waals surface area (Å²) in [7, 11) is 0. The van der Waals surface area contributed by atoms with Crippen molar-refractivity contribution in [1.29, 1.82) is 0 Å². The molecule has 1 rings (SSSR count). The van der Waals surface area contributed by atoms with E-state index in [0.29, 0.717) is 12.1 Å². The summed E-state index contributed by atoms with van der Waals surface area (Å²) in [5.41, 5.74) is 1.36. The minimum atomic E-state index is -0.232. The minimum Gasteiger partial charge on any atom is -0.385 e. The zero-order chi connectivity index (χ0) is 14.5. The van der Waals surface area contributed by atoms with E-state index in [1.165, 1.54) is 0 Å². The van der Waals surface area contributed by atoms with Crippen LogP contribution >= 0.6 is 0 Å². The summed E-state index contributed by atoms with van der Waals surface area (Å²) in [5, 5.41) is 3.23. The quantitative estimate of drug-likeness (QED) is 0.821. The Hall–Kier alpha value is -1.77. The van der Waals surface area contributed by atoms with Gasteiger partial charge in [0.2, 0.25) is 0 Å². The van der Waals surface area contributed by atoms with E-state index < -0.39 is 0 Å². The summed E-state index contributed by atoms with van der Waals surface area (Å²) in [4.78, 5) is 14.5. The van der Waals surface area contributed by atoms with Crippen molar-refractivity contribution in [2.24, 2.45) is 0 Å². The molecule has 0 aliphatic heterocycles. The van der Waals surface area contributed by atoms with Crippen LogP contribution in [0, 0.1) is 0 Å². The summed E-state index contributed by atoms with van der Waals surface area (Å²) in [6.07, 6.45) is 1.76. The SMILES string of the molecule is C=CCN(C(=O)c1ccccc1NCC)C(C)(C)C. The molecule has 0 aromatic heterocycles. The highest BCUT2D eigenvalue weighted by atomic mass is 16.2. The average molecular weight is 260 g/mol. The van der Waals surface area contributed by atoms with Gasteiger partial charge in [-0.25, -0.2) is 0 Å². The number of amides is 1. The van der Waals surface area contributed by atoms with E-state index >= 15 is 0 Å². The van der Waals surface area contributed by atoms with Crippen LogP contribution < -0.4 is 5.32 Å². The van der Waals surface area contributed by atoms with Gasteiger partial charge in [-0.05, 0) is 39.8 Å². The first-order valence-electron chi connectivity index (χ1n) is 6.67. The van der Waals surface area contributed by atoms with Gasteiger partial charge in [-0.2, -0.15) is 0 Å². The normalized spacial score (nSPS) is 10.9. The van der Waals surface area contributed by atoms with Gasteiger partial charge in [-0.15, -0.1) is 6.58 Å². The Morgan fingerprint density at radius 3 is 2.53 bits per heavy atom. The lowest BCUT2D eigenvalue weighted by atomic mass is 10.0. The van der Waals surface area contributed by atoms with E-state index in [0.717, 1.165) is 12.2 Å². The fourth-order valence-corrected chi connectivity index (χ4v) is 1.95. The second-order valence-corrected chi connectivity index (χ2v) is 5.45. The molecule has 0 spiro atoms. The fraction of sp³-hybridized carbons (Fsp3) is 0.438. The van der Waals surface area contributed by atoms with Crippen molar-refractivity contribution in [1.82, 2.24) is 4.90 Å². The molecular formula is C16H24N2O. The Balaban J connectivity index is 3.13. The minimum absolute atomic E-state index is 0.0314. The molecular weight excluding hydrogens is 236 g/mol. The zero-order valence-electron chi connectivity index (χ0n) is 12.4. The Morgan fingerprint density at radius 2 is 2.00 bits per heavy atom. The van der Waals surface area contributed by atoms with Crippen molar-refractivity contribution < 1.29 is 4.79 Å². The summed E-state index contributed by atoms with van der Waals surface area (Å²) < 4.78 is 0. The number of hydrogen-bond donors (Lipinski definition) is 1. The lowest BCUT2D eigenvalue weighted by Crippen LogP contribution is -2.45. The second-order valence-electron chi connectivity index (χ2n) is 5.45. The van der Waals surface area contributed by atoms with Crippen molar-refractivity contribution in [3.63, 3.8) is 0 Å². The number of carbonyl (C=O) groups is 1. The molecule has 3 heteroatoms. The Morgan fingerprint density at radius 1 is 1.37 bits per heavy atom. The lowest BCUT2D eigenvalue weighted by molar-refractivity contribution is 0.0617. The highest BCUT2D eigenvalue weighted by molar-refractivity contribution is 6.00. The summed E-state index contributed by atoms with van der Waals surface area (Å²) in [5.74, 6) is 0.0314. The number of nitrogens with one attached hydrogen (secondary N) is 1. The van der Waals surface area contributed by atoms with Crippen LogP contribution in [0.5, 0.6) is 0 Å². The number of carbonyl (C=O) groups excluding carboxylic acids is 1. The maximum atomic E-state index is 12.7. The topological polar surface area (TPSA) is 32.3 Å². The predicted molar refractivity (Wildman–Crippen MR) is 81.6 cm³/mol. The third kappa shape index (κ3) is 3.85. The van der Waals surface area contributed by atoms with Gasteiger partial charge in [0.25, 0.3) is 5.91 Å². The third-order valence-corrected chi connectivity index (χ3v) is 2.89. The monoisotopic (exact) mass is 260 g/mol. The van der Waals surface area contributed by atoms with Gasteiger partial charge >= 0.3 is 0 Å². The van der Waals surface area contributed by atoms with Crippen molar-refractivity contribution in [2.45, 2.75) is 33.2 Å². The second kappa shape index (κ2) is 6.41. The molecule has 3 nitrogen and oxygen atoms in total. The number of para-hydroxylation sites is 1. The van der Waals surface area contributed by atoms with E-state index in [2.05, 4.69) is 11.9 Å². The largest absolute Gasteiger partial charge is 0.385 e. The molecule has 0 unspecified atom stereocenters. The number of benzene rings is 1. The standard InChI is InChI=1S/C16H24N2O/c1-6-12-18(16(3,4)5)15(19)13-10-8-9-11-14(13)17-7-2/h6,8-11,17H,1,7,12H2,2-5H3. The molecule has 19 heavy (non-hydrogen) atoms. The van der Waals surface area contributed by atoms with Crippen LogP contribution in [-0.4, -0.2) is 29.4 Å². The molecule has 0 aliphatic rings. The first-order chi connectivity index (χ1) is 8.91. The lowest BCUT2D eigenvalue weighted by Gasteiger charge is -2.35. The average Bonchev–Trinajstić information content (AvgIpc) is 2.35. The van der Waals surface area contributed by atoms with Gasteiger partial charge in [0.15, 0.2) is 0 Å². The van der Waals surface area contributed by atoms with Gasteiger partial charge in [-0.3, -0.25) is 4.79 Å². The van der Waals surface area contributed by atoms with Crippen LogP contribution in [0.4, 0.5) is 5.69 Å². The summed E-state index contributed by atoms with van der Waals surface area (Å²) in [6, 6.07) is 7.63. The van der Waals surface area contributed by atoms with Crippen LogP contribution in [0.15, 0.2) is 36.9 Å². The molecule has 1 amide bonds. The number of rotatable bonds is 5. The van der Waals surface area contributed by atoms with E-state index in [9.17, 15) is 4.79 Å². The molecule has 0 heterocycles. The van der Waals surface area contributed by atoms with E-state index in [-0.39, 0.29) is 11.4 Å². The Labute approximate surface area is 116 Å². The first-order valence-corrected chi connectivity index (χ1v) is 6.67. The van der Waals surface area contributed by atoms with Crippen molar-refractivity contribution in [3.05, 3.63) is 42.5 Å². The summed E-state index contributed by atoms with van der Waals surface area (Å²) >= 11 is 0. The van der Waals surface area contributed by atoms with E-state index in [1.807, 2.05) is 56.9 Å². The third-order valence-electron chi connectivity index (χ3n) is 2.89. The number of nitrogens with zero attached hydrogens (tertiary/aromatic N) is 1. The highest BCUT2D eigenvalue weighted by Gasteiger charge is 2.27. The molecule has 0 atom stereocenters. The highest BCUT2D eigenvalue weighted by Crippen LogP contribution is 2.22. The molecule has 0 fully saturated rings. The van der Waals surface area contributed by atoms with Crippen LogP contribution in [0.2, 0.25) is 0 Å². The van der Waals surface area contributed by atoms with Crippen molar-refractivity contribution >= 4 is 11.6 Å². The Bertz CT molecular complexity index is 446. The first kappa shape index (κ1) is 15.3. The molecule has 0 saturated carbocycles. The molecule has 104 valence electrons. The maximum Gasteiger partial charge on any atom is 0.256 e. The van der Waals surface area contributed by atoms with Gasteiger partial charge in [0.1, 0.15) is 0 Å². The molecule has 0 aliphatic carbocycles. The molecule has 0 radical (unpaired) electrons. The molecule has 0 bridgehead atoms. The Kier molecular flexibility index (Phi) is 5.16. The van der Waals surface area contributed by atoms with Gasteiger partial charge in [0.05, 0.1) is 5.56 Å². The van der Waals surface area contributed by atoms with Crippen LogP contribution in [0.25, 0.3) is 0 Å². The van der Waals surface area contributed by atoms with Gasteiger partial charge in [-0.1, -0.05) is 18.2 Å². The maximum absolute atomic E-state index is 12.7. The van der Waals surface area contributed by atoms with Gasteiger partial charge in [0, 0.05) is 24.3 Å². The molecule has 1 aromatic rings. The van der Waals surface area contributed by atoms with Crippen LogP contribution in [-0.2, 0) is 0 Å². The van der Waals surface area contributed by atoms with Crippen molar-refractivity contribution in [3.8, 4) is 0 Å².